The first-order chi connectivity index (χ1) is 3.83. The second kappa shape index (κ2) is 31.9. The van der Waals surface area contributed by atoms with Crippen LogP contribution in [0.1, 0.15) is 26.7 Å². The van der Waals surface area contributed by atoms with Crippen LogP contribution < -0.4 is 0 Å². The summed E-state index contributed by atoms with van der Waals surface area (Å²) in [4.78, 5) is 0. The van der Waals surface area contributed by atoms with Gasteiger partial charge in [-0.25, -0.2) is 0 Å². The van der Waals surface area contributed by atoms with Crippen LogP contribution in [0.5, 0.6) is 0 Å². The van der Waals surface area contributed by atoms with Crippen molar-refractivity contribution in [3.8, 4) is 0 Å². The van der Waals surface area contributed by atoms with Gasteiger partial charge in [0.25, 0.3) is 0 Å². The quantitative estimate of drug-likeness (QED) is 0.486. The van der Waals surface area contributed by atoms with Crippen LogP contribution in [0, 0.1) is 7.43 Å². The molecule has 0 spiro atoms. The molecule has 0 aromatic carbocycles. The molecular weight excluding hydrogens is 195 g/mol. The van der Waals surface area contributed by atoms with E-state index in [1.165, 1.54) is 0 Å². The summed E-state index contributed by atoms with van der Waals surface area (Å²) in [5.41, 5.74) is 0. The summed E-state index contributed by atoms with van der Waals surface area (Å²) < 4.78 is 0. The molecule has 0 aliphatic rings. The van der Waals surface area contributed by atoms with E-state index < -0.39 is 0 Å². The van der Waals surface area contributed by atoms with E-state index in [1.54, 1.807) is 0 Å². The van der Waals surface area contributed by atoms with E-state index >= 15 is 0 Å². The summed E-state index contributed by atoms with van der Waals surface area (Å²) in [6.45, 7) is 4.11. The predicted octanol–water partition coefficient (Wildman–Crippen LogP) is 2.41. The second-order valence-corrected chi connectivity index (χ2v) is 1.58. The molecule has 10 heavy (non-hydrogen) atoms. The third-order valence-electron chi connectivity index (χ3n) is 0.577. The van der Waals surface area contributed by atoms with Crippen molar-refractivity contribution < 1.29 is 32.7 Å². The summed E-state index contributed by atoms with van der Waals surface area (Å²) in [5.74, 6) is 0. The number of hydrogen-bond donors (Lipinski definition) is 0. The summed E-state index contributed by atoms with van der Waals surface area (Å²) in [5, 5.41) is 0. The van der Waals surface area contributed by atoms with E-state index in [0.717, 1.165) is 25.5 Å². The zero-order chi connectivity index (χ0) is 6.83. The van der Waals surface area contributed by atoms with E-state index in [9.17, 15) is 0 Å². The van der Waals surface area contributed by atoms with Gasteiger partial charge >= 0.3 is 0 Å². The first-order valence-corrected chi connectivity index (χ1v) is 3.23. The van der Waals surface area contributed by atoms with E-state index in [0.29, 0.717) is 0 Å². The van der Waals surface area contributed by atoms with Gasteiger partial charge in [0.1, 0.15) is 0 Å². The van der Waals surface area contributed by atoms with Gasteiger partial charge in [-0.05, 0) is 0 Å². The van der Waals surface area contributed by atoms with Crippen LogP contribution in [0.4, 0.5) is 0 Å². The van der Waals surface area contributed by atoms with Gasteiger partial charge in [-0.2, -0.15) is 0 Å². The topological polar surface area (TPSA) is 0 Å². The maximum atomic E-state index is 5.03. The molecule has 0 fully saturated rings. The van der Waals surface area contributed by atoms with Gasteiger partial charge in [0.2, 0.25) is 0 Å². The fraction of sp³-hybridized carbons (Fsp3) is 0.857. The molecule has 0 atom stereocenters. The van der Waals surface area contributed by atoms with Gasteiger partial charge in [-0.15, -0.1) is 0 Å². The SMILES string of the molecule is [B]CCC.[B]CCC.[CH3-].[Y]. The Morgan fingerprint density at radius 1 is 0.900 bits per heavy atom. The fourth-order valence-electron chi connectivity index (χ4n) is 0. The number of hydrogen-bond acceptors (Lipinski definition) is 0. The Kier molecular flexibility index (Phi) is 71.6. The van der Waals surface area contributed by atoms with Crippen LogP contribution in [-0.2, 0) is 32.7 Å². The molecular formula is C7H17B2Y-. The van der Waals surface area contributed by atoms with Crippen molar-refractivity contribution in [3.63, 3.8) is 0 Å². The number of rotatable bonds is 2. The molecule has 0 aromatic rings. The minimum atomic E-state index is 0. The molecule has 0 heterocycles. The minimum absolute atomic E-state index is 0. The molecule has 0 unspecified atom stereocenters. The van der Waals surface area contributed by atoms with Crippen molar-refractivity contribution in [2.75, 3.05) is 0 Å². The Morgan fingerprint density at radius 3 is 1.00 bits per heavy atom. The van der Waals surface area contributed by atoms with Crippen LogP contribution in [0.15, 0.2) is 0 Å². The molecule has 55 valence electrons. The summed E-state index contributed by atoms with van der Waals surface area (Å²) in [6.07, 6.45) is 3.83. The molecule has 0 saturated carbocycles. The van der Waals surface area contributed by atoms with Gasteiger partial charge in [0, 0.05) is 32.7 Å². The van der Waals surface area contributed by atoms with E-state index in [1.807, 2.05) is 0 Å². The smallest absolute Gasteiger partial charge is 0.0652 e. The maximum Gasteiger partial charge on any atom is 0.0652 e. The average molecular weight is 212 g/mol. The first-order valence-electron chi connectivity index (χ1n) is 3.23. The molecule has 0 N–H and O–H groups in total. The van der Waals surface area contributed by atoms with Crippen molar-refractivity contribution in [1.82, 2.24) is 0 Å². The molecule has 0 rings (SSSR count). The first kappa shape index (κ1) is 22.5. The van der Waals surface area contributed by atoms with Crippen LogP contribution >= 0.6 is 0 Å². The Bertz CT molecular complexity index is 19.6. The molecule has 0 aromatic heterocycles. The van der Waals surface area contributed by atoms with Gasteiger partial charge in [0.05, 0.1) is 15.7 Å². The molecule has 0 bridgehead atoms. The van der Waals surface area contributed by atoms with Gasteiger partial charge < -0.3 is 7.43 Å². The zero-order valence-electron chi connectivity index (χ0n) is 7.56. The Labute approximate surface area is 94.6 Å². The van der Waals surface area contributed by atoms with Crippen LogP contribution in [0.2, 0.25) is 12.6 Å². The van der Waals surface area contributed by atoms with Gasteiger partial charge in [0.15, 0.2) is 0 Å². The Morgan fingerprint density at radius 2 is 1.00 bits per heavy atom. The molecule has 0 aliphatic heterocycles. The van der Waals surface area contributed by atoms with E-state index in [-0.39, 0.29) is 40.1 Å². The van der Waals surface area contributed by atoms with Crippen molar-refractivity contribution >= 4 is 15.7 Å². The average Bonchev–Trinajstić information content (AvgIpc) is 1.88. The third kappa shape index (κ3) is 59.9. The van der Waals surface area contributed by atoms with Crippen molar-refractivity contribution in [1.29, 1.82) is 0 Å². The predicted molar refractivity (Wildman–Crippen MR) is 48.1 cm³/mol. The fourth-order valence-corrected chi connectivity index (χ4v) is 0. The van der Waals surface area contributed by atoms with E-state index in [2.05, 4.69) is 13.8 Å². The molecule has 3 heteroatoms. The normalized spacial score (nSPS) is 5.80. The van der Waals surface area contributed by atoms with E-state index in [4.69, 9.17) is 15.7 Å². The molecule has 0 saturated heterocycles. The monoisotopic (exact) mass is 212 g/mol. The summed E-state index contributed by atoms with van der Waals surface area (Å²) >= 11 is 0. The molecule has 0 amide bonds. The summed E-state index contributed by atoms with van der Waals surface area (Å²) in [7, 11) is 10.1. The standard InChI is InChI=1S/2C3H7B.CH3.Y/c2*1-2-3-4;;/h2*2-3H2,1H3;1H3;/q;;-1;. The third-order valence-corrected chi connectivity index (χ3v) is 0.577. The zero-order valence-corrected chi connectivity index (χ0v) is 10.4. The van der Waals surface area contributed by atoms with Crippen LogP contribution in [0.3, 0.4) is 0 Å². The van der Waals surface area contributed by atoms with Crippen LogP contribution in [-0.4, -0.2) is 15.7 Å². The maximum absolute atomic E-state index is 5.03. The van der Waals surface area contributed by atoms with Crippen molar-refractivity contribution in [2.45, 2.75) is 39.3 Å². The Hall–Kier alpha value is 1.23. The summed E-state index contributed by atoms with van der Waals surface area (Å²) in [6, 6.07) is 0. The molecule has 0 aliphatic carbocycles. The molecule has 5 radical (unpaired) electrons. The molecule has 0 nitrogen and oxygen atoms in total. The minimum Gasteiger partial charge on any atom is -0.358 e. The Balaban J connectivity index is -0.0000000300. The van der Waals surface area contributed by atoms with Gasteiger partial charge in [-0.3, -0.25) is 0 Å². The second-order valence-electron chi connectivity index (χ2n) is 1.58. The van der Waals surface area contributed by atoms with Gasteiger partial charge in [-0.1, -0.05) is 39.3 Å². The van der Waals surface area contributed by atoms with Crippen molar-refractivity contribution in [3.05, 3.63) is 7.43 Å². The van der Waals surface area contributed by atoms with Crippen LogP contribution in [0.25, 0.3) is 0 Å². The van der Waals surface area contributed by atoms with Crippen molar-refractivity contribution in [2.24, 2.45) is 0 Å². The largest absolute Gasteiger partial charge is 0.358 e.